The van der Waals surface area contributed by atoms with Crippen LogP contribution in [0.5, 0.6) is 5.75 Å². The summed E-state index contributed by atoms with van der Waals surface area (Å²) < 4.78 is 5.55. The fourth-order valence-corrected chi connectivity index (χ4v) is 3.21. The Morgan fingerprint density at radius 1 is 0.875 bits per heavy atom. The molecule has 0 spiro atoms. The van der Waals surface area contributed by atoms with Crippen LogP contribution < -0.4 is 20.3 Å². The number of rotatable bonds is 10. The maximum absolute atomic E-state index is 13.0. The molecule has 0 heterocycles. The second kappa shape index (κ2) is 11.6. The fourth-order valence-electron chi connectivity index (χ4n) is 3.21. The second-order valence-electron chi connectivity index (χ2n) is 7.24. The first kappa shape index (κ1) is 22.9. The summed E-state index contributed by atoms with van der Waals surface area (Å²) in [4.78, 5) is 27.1. The number of hydrogen-bond donors (Lipinski definition) is 2. The topological polar surface area (TPSA) is 70.7 Å². The zero-order valence-corrected chi connectivity index (χ0v) is 18.5. The average Bonchev–Trinajstić information content (AvgIpc) is 2.83. The van der Waals surface area contributed by atoms with Crippen molar-refractivity contribution in [3.63, 3.8) is 0 Å². The van der Waals surface area contributed by atoms with E-state index in [9.17, 15) is 9.59 Å². The van der Waals surface area contributed by atoms with E-state index >= 15 is 0 Å². The molecule has 166 valence electrons. The molecule has 0 fully saturated rings. The lowest BCUT2D eigenvalue weighted by molar-refractivity contribution is -0.114. The summed E-state index contributed by atoms with van der Waals surface area (Å²) in [6.07, 6.45) is 0.944. The molecule has 0 saturated heterocycles. The van der Waals surface area contributed by atoms with Crippen LogP contribution in [0.15, 0.2) is 78.9 Å². The molecule has 2 amide bonds. The van der Waals surface area contributed by atoms with E-state index in [-0.39, 0.29) is 18.4 Å². The highest BCUT2D eigenvalue weighted by Crippen LogP contribution is 2.19. The van der Waals surface area contributed by atoms with Gasteiger partial charge in [-0.15, -0.1) is 0 Å². The Morgan fingerprint density at radius 2 is 1.62 bits per heavy atom. The summed E-state index contributed by atoms with van der Waals surface area (Å²) in [5.41, 5.74) is 2.82. The molecule has 6 nitrogen and oxygen atoms in total. The highest BCUT2D eigenvalue weighted by molar-refractivity contribution is 6.06. The van der Waals surface area contributed by atoms with E-state index in [0.717, 1.165) is 17.9 Å². The first-order chi connectivity index (χ1) is 15.6. The minimum Gasteiger partial charge on any atom is -0.494 e. The van der Waals surface area contributed by atoms with E-state index < -0.39 is 0 Å². The van der Waals surface area contributed by atoms with Crippen LogP contribution in [0, 0.1) is 0 Å². The fraction of sp³-hybridized carbons (Fsp3) is 0.231. The number of nitrogens with one attached hydrogen (secondary N) is 2. The van der Waals surface area contributed by atoms with Gasteiger partial charge in [0.2, 0.25) is 5.91 Å². The molecule has 0 radical (unpaired) electrons. The number of carbonyl (C=O) groups is 2. The number of anilines is 3. The van der Waals surface area contributed by atoms with E-state index in [1.54, 1.807) is 23.1 Å². The van der Waals surface area contributed by atoms with Crippen LogP contribution in [0.3, 0.4) is 0 Å². The third-order valence-corrected chi connectivity index (χ3v) is 4.80. The molecule has 0 aliphatic rings. The van der Waals surface area contributed by atoms with E-state index in [1.807, 2.05) is 67.6 Å². The maximum atomic E-state index is 13.0. The molecule has 0 aliphatic carbocycles. The molecular formula is C26H29N3O3. The predicted octanol–water partition coefficient (Wildman–Crippen LogP) is 5.19. The Kier molecular flexibility index (Phi) is 8.26. The van der Waals surface area contributed by atoms with E-state index in [0.29, 0.717) is 30.1 Å². The van der Waals surface area contributed by atoms with Crippen molar-refractivity contribution in [3.05, 3.63) is 84.4 Å². The Hall–Kier alpha value is -3.80. The minimum absolute atomic E-state index is 0.0852. The van der Waals surface area contributed by atoms with E-state index in [1.165, 1.54) is 0 Å². The van der Waals surface area contributed by atoms with Gasteiger partial charge in [-0.25, -0.2) is 0 Å². The average molecular weight is 432 g/mol. The summed E-state index contributed by atoms with van der Waals surface area (Å²) in [5, 5.41) is 5.94. The van der Waals surface area contributed by atoms with Crippen LogP contribution in [0.25, 0.3) is 0 Å². The van der Waals surface area contributed by atoms with Crippen LogP contribution >= 0.6 is 0 Å². The van der Waals surface area contributed by atoms with E-state index in [4.69, 9.17) is 4.74 Å². The van der Waals surface area contributed by atoms with Gasteiger partial charge >= 0.3 is 0 Å². The van der Waals surface area contributed by atoms with Crippen LogP contribution in [0.2, 0.25) is 0 Å². The third-order valence-electron chi connectivity index (χ3n) is 4.80. The summed E-state index contributed by atoms with van der Waals surface area (Å²) >= 11 is 0. The van der Waals surface area contributed by atoms with Gasteiger partial charge in [0, 0.05) is 29.2 Å². The molecule has 0 bridgehead atoms. The van der Waals surface area contributed by atoms with Gasteiger partial charge in [0.25, 0.3) is 5.91 Å². The van der Waals surface area contributed by atoms with Gasteiger partial charge in [0.1, 0.15) is 5.75 Å². The number of hydrogen-bond acceptors (Lipinski definition) is 4. The van der Waals surface area contributed by atoms with Crippen LogP contribution in [-0.4, -0.2) is 31.5 Å². The number of carbonyl (C=O) groups excluding carboxylic acids is 2. The molecule has 0 aromatic heterocycles. The second-order valence-corrected chi connectivity index (χ2v) is 7.24. The van der Waals surface area contributed by atoms with Crippen LogP contribution in [-0.2, 0) is 4.79 Å². The molecule has 3 aromatic rings. The number of ether oxygens (including phenoxy) is 1. The molecule has 3 rings (SSSR count). The number of amides is 2. The number of para-hydroxylation sites is 1. The highest BCUT2D eigenvalue weighted by Gasteiger charge is 2.16. The van der Waals surface area contributed by atoms with E-state index in [2.05, 4.69) is 17.6 Å². The van der Waals surface area contributed by atoms with Gasteiger partial charge < -0.3 is 20.3 Å². The lowest BCUT2D eigenvalue weighted by atomic mass is 10.1. The molecule has 0 unspecified atom stereocenters. The third kappa shape index (κ3) is 6.35. The van der Waals surface area contributed by atoms with Crippen molar-refractivity contribution >= 4 is 28.9 Å². The van der Waals surface area contributed by atoms with Crippen molar-refractivity contribution in [2.24, 2.45) is 0 Å². The van der Waals surface area contributed by atoms with Crippen molar-refractivity contribution in [2.45, 2.75) is 20.3 Å². The highest BCUT2D eigenvalue weighted by atomic mass is 16.5. The Bertz CT molecular complexity index is 1020. The summed E-state index contributed by atoms with van der Waals surface area (Å²) in [6, 6.07) is 24.0. The van der Waals surface area contributed by atoms with Gasteiger partial charge in [-0.2, -0.15) is 0 Å². The van der Waals surface area contributed by atoms with Crippen molar-refractivity contribution in [1.82, 2.24) is 0 Å². The standard InChI is InChI=1S/C26H29N3O3/c1-3-17-32-24-15-13-21(14-16-24)28-25(30)19-27-22-10-8-9-20(18-22)26(31)29(4-2)23-11-6-5-7-12-23/h5-16,18,27H,3-4,17,19H2,1-2H3,(H,28,30). The predicted molar refractivity (Wildman–Crippen MR) is 130 cm³/mol. The molecule has 2 N–H and O–H groups in total. The Labute approximate surface area is 189 Å². The quantitative estimate of drug-likeness (QED) is 0.463. The van der Waals surface area contributed by atoms with Crippen molar-refractivity contribution in [2.75, 3.05) is 35.2 Å². The number of benzene rings is 3. The van der Waals surface area contributed by atoms with Crippen LogP contribution in [0.1, 0.15) is 30.6 Å². The summed E-state index contributed by atoms with van der Waals surface area (Å²) in [5.74, 6) is 0.515. The maximum Gasteiger partial charge on any atom is 0.258 e. The zero-order chi connectivity index (χ0) is 22.8. The smallest absolute Gasteiger partial charge is 0.258 e. The number of nitrogens with zero attached hydrogens (tertiary/aromatic N) is 1. The Balaban J connectivity index is 1.57. The molecular weight excluding hydrogens is 402 g/mol. The van der Waals surface area contributed by atoms with Gasteiger partial charge in [-0.1, -0.05) is 31.2 Å². The van der Waals surface area contributed by atoms with Gasteiger partial charge in [-0.05, 0) is 67.9 Å². The first-order valence-electron chi connectivity index (χ1n) is 10.8. The lowest BCUT2D eigenvalue weighted by Crippen LogP contribution is -2.30. The minimum atomic E-state index is -0.177. The lowest BCUT2D eigenvalue weighted by Gasteiger charge is -2.21. The molecule has 6 heteroatoms. The molecule has 3 aromatic carbocycles. The monoisotopic (exact) mass is 431 g/mol. The SMILES string of the molecule is CCCOc1ccc(NC(=O)CNc2cccc(C(=O)N(CC)c3ccccc3)c2)cc1. The summed E-state index contributed by atoms with van der Waals surface area (Å²) in [7, 11) is 0. The molecule has 0 saturated carbocycles. The van der Waals surface area contributed by atoms with Crippen molar-refractivity contribution < 1.29 is 14.3 Å². The van der Waals surface area contributed by atoms with Crippen molar-refractivity contribution in [1.29, 1.82) is 0 Å². The molecule has 0 aliphatic heterocycles. The largest absolute Gasteiger partial charge is 0.494 e. The van der Waals surface area contributed by atoms with Gasteiger partial charge in [-0.3, -0.25) is 9.59 Å². The zero-order valence-electron chi connectivity index (χ0n) is 18.5. The van der Waals surface area contributed by atoms with Gasteiger partial charge in [0.15, 0.2) is 0 Å². The van der Waals surface area contributed by atoms with Gasteiger partial charge in [0.05, 0.1) is 13.2 Å². The molecule has 0 atom stereocenters. The molecule has 32 heavy (non-hydrogen) atoms. The normalized spacial score (nSPS) is 10.3. The van der Waals surface area contributed by atoms with Crippen LogP contribution in [0.4, 0.5) is 17.1 Å². The van der Waals surface area contributed by atoms with Crippen molar-refractivity contribution in [3.8, 4) is 5.75 Å². The Morgan fingerprint density at radius 3 is 2.31 bits per heavy atom. The summed E-state index contributed by atoms with van der Waals surface area (Å²) in [6.45, 7) is 5.31. The first-order valence-corrected chi connectivity index (χ1v) is 10.8.